The third-order valence-corrected chi connectivity index (χ3v) is 2.84. The summed E-state index contributed by atoms with van der Waals surface area (Å²) in [5.41, 5.74) is 0. The minimum absolute atomic E-state index is 0.717. The van der Waals surface area contributed by atoms with E-state index in [-0.39, 0.29) is 0 Å². The monoisotopic (exact) mass is 116 g/mol. The molecule has 1 heteroatoms. The number of rotatable bonds is 2. The summed E-state index contributed by atoms with van der Waals surface area (Å²) in [5, 5.41) is 0. The first-order chi connectivity index (χ1) is 3.27. The molecule has 0 amide bonds. The molecule has 0 atom stereocenters. The van der Waals surface area contributed by atoms with Gasteiger partial charge in [0, 0.05) is 4.75 Å². The van der Waals surface area contributed by atoms with Crippen molar-refractivity contribution in [2.24, 2.45) is 0 Å². The fourth-order valence-electron chi connectivity index (χ4n) is 0.669. The standard InChI is InChI=1S/C6H12S/c1-3-7-6(2)4-5-6/h3-5H2,1-2H3. The Kier molecular flexibility index (Phi) is 1.33. The van der Waals surface area contributed by atoms with Crippen molar-refractivity contribution >= 4 is 11.8 Å². The summed E-state index contributed by atoms with van der Waals surface area (Å²) < 4.78 is 0.717. The molecule has 0 nitrogen and oxygen atoms in total. The summed E-state index contributed by atoms with van der Waals surface area (Å²) in [4.78, 5) is 0. The van der Waals surface area contributed by atoms with Crippen molar-refractivity contribution in [3.05, 3.63) is 0 Å². The average molecular weight is 116 g/mol. The van der Waals surface area contributed by atoms with Crippen LogP contribution in [0.2, 0.25) is 0 Å². The SMILES string of the molecule is CCSC1(C)CC1. The van der Waals surface area contributed by atoms with Crippen LogP contribution in [0.1, 0.15) is 26.7 Å². The molecular weight excluding hydrogens is 104 g/mol. The van der Waals surface area contributed by atoms with E-state index < -0.39 is 0 Å². The lowest BCUT2D eigenvalue weighted by molar-refractivity contribution is 1.05. The van der Waals surface area contributed by atoms with Gasteiger partial charge in [-0.05, 0) is 18.6 Å². The molecule has 42 valence electrons. The van der Waals surface area contributed by atoms with E-state index in [4.69, 9.17) is 0 Å². The summed E-state index contributed by atoms with van der Waals surface area (Å²) in [6, 6.07) is 0. The molecule has 0 unspecified atom stereocenters. The normalized spacial score (nSPS) is 24.9. The first-order valence-electron chi connectivity index (χ1n) is 2.91. The van der Waals surface area contributed by atoms with Gasteiger partial charge in [0.25, 0.3) is 0 Å². The van der Waals surface area contributed by atoms with E-state index >= 15 is 0 Å². The van der Waals surface area contributed by atoms with Gasteiger partial charge >= 0.3 is 0 Å². The van der Waals surface area contributed by atoms with E-state index in [1.165, 1.54) is 18.6 Å². The molecule has 1 aliphatic rings. The maximum absolute atomic E-state index is 2.35. The van der Waals surface area contributed by atoms with Crippen LogP contribution in [0.15, 0.2) is 0 Å². The molecule has 0 saturated heterocycles. The number of hydrogen-bond acceptors (Lipinski definition) is 1. The molecular formula is C6H12S. The molecule has 1 aliphatic carbocycles. The van der Waals surface area contributed by atoms with Crippen LogP contribution in [0.25, 0.3) is 0 Å². The maximum Gasteiger partial charge on any atom is 0.0132 e. The summed E-state index contributed by atoms with van der Waals surface area (Å²) in [5.74, 6) is 1.29. The Morgan fingerprint density at radius 1 is 1.57 bits per heavy atom. The predicted molar refractivity (Wildman–Crippen MR) is 35.8 cm³/mol. The summed E-state index contributed by atoms with van der Waals surface area (Å²) >= 11 is 2.10. The van der Waals surface area contributed by atoms with Gasteiger partial charge in [-0.15, -0.1) is 0 Å². The minimum Gasteiger partial charge on any atom is -0.156 e. The topological polar surface area (TPSA) is 0 Å². The van der Waals surface area contributed by atoms with Gasteiger partial charge < -0.3 is 0 Å². The van der Waals surface area contributed by atoms with Gasteiger partial charge in [0.05, 0.1) is 0 Å². The summed E-state index contributed by atoms with van der Waals surface area (Å²) in [6.07, 6.45) is 2.90. The Morgan fingerprint density at radius 2 is 2.14 bits per heavy atom. The molecule has 0 aliphatic heterocycles. The van der Waals surface area contributed by atoms with Crippen LogP contribution in [-0.2, 0) is 0 Å². The van der Waals surface area contributed by atoms with Crippen LogP contribution < -0.4 is 0 Å². The third-order valence-electron chi connectivity index (χ3n) is 1.45. The van der Waals surface area contributed by atoms with E-state index in [9.17, 15) is 0 Å². The van der Waals surface area contributed by atoms with Crippen LogP contribution in [0.4, 0.5) is 0 Å². The molecule has 0 N–H and O–H groups in total. The van der Waals surface area contributed by atoms with Crippen molar-refractivity contribution in [2.75, 3.05) is 5.75 Å². The highest BCUT2D eigenvalue weighted by Crippen LogP contribution is 2.47. The molecule has 0 bridgehead atoms. The largest absolute Gasteiger partial charge is 0.156 e. The second-order valence-electron chi connectivity index (χ2n) is 2.38. The smallest absolute Gasteiger partial charge is 0.0132 e. The first kappa shape index (κ1) is 5.49. The zero-order chi connectivity index (χ0) is 5.33. The second kappa shape index (κ2) is 1.70. The average Bonchev–Trinajstić information content (AvgIpc) is 2.22. The second-order valence-corrected chi connectivity index (χ2v) is 4.23. The van der Waals surface area contributed by atoms with Gasteiger partial charge in [-0.1, -0.05) is 13.8 Å². The number of thioether (sulfide) groups is 1. The molecule has 1 rings (SSSR count). The fraction of sp³-hybridized carbons (Fsp3) is 1.00. The molecule has 0 spiro atoms. The summed E-state index contributed by atoms with van der Waals surface area (Å²) in [7, 11) is 0. The first-order valence-corrected chi connectivity index (χ1v) is 3.89. The molecule has 0 radical (unpaired) electrons. The van der Waals surface area contributed by atoms with E-state index in [1.54, 1.807) is 0 Å². The van der Waals surface area contributed by atoms with Crippen LogP contribution >= 0.6 is 11.8 Å². The predicted octanol–water partition coefficient (Wildman–Crippen LogP) is 2.29. The number of hydrogen-bond donors (Lipinski definition) is 0. The van der Waals surface area contributed by atoms with Crippen molar-refractivity contribution < 1.29 is 0 Å². The van der Waals surface area contributed by atoms with E-state index in [0.29, 0.717) is 0 Å². The Labute approximate surface area is 49.7 Å². The van der Waals surface area contributed by atoms with Crippen molar-refractivity contribution in [3.63, 3.8) is 0 Å². The van der Waals surface area contributed by atoms with Crippen molar-refractivity contribution in [2.45, 2.75) is 31.4 Å². The molecule has 1 fully saturated rings. The Balaban J connectivity index is 2.13. The van der Waals surface area contributed by atoms with Crippen LogP contribution in [0.3, 0.4) is 0 Å². The lowest BCUT2D eigenvalue weighted by Gasteiger charge is -2.01. The van der Waals surface area contributed by atoms with E-state index in [1.807, 2.05) is 0 Å². The van der Waals surface area contributed by atoms with Crippen molar-refractivity contribution in [1.82, 2.24) is 0 Å². The molecule has 0 heterocycles. The lowest BCUT2D eigenvalue weighted by atomic mass is 10.5. The molecule has 0 aromatic carbocycles. The molecule has 7 heavy (non-hydrogen) atoms. The van der Waals surface area contributed by atoms with Crippen LogP contribution in [-0.4, -0.2) is 10.5 Å². The van der Waals surface area contributed by atoms with Gasteiger partial charge in [0.15, 0.2) is 0 Å². The van der Waals surface area contributed by atoms with E-state index in [2.05, 4.69) is 25.6 Å². The molecule has 0 aromatic rings. The quantitative estimate of drug-likeness (QED) is 0.533. The zero-order valence-corrected chi connectivity index (χ0v) is 5.85. The third kappa shape index (κ3) is 1.37. The highest BCUT2D eigenvalue weighted by molar-refractivity contribution is 8.00. The summed E-state index contributed by atoms with van der Waals surface area (Å²) in [6.45, 7) is 4.58. The van der Waals surface area contributed by atoms with Crippen molar-refractivity contribution in [1.29, 1.82) is 0 Å². The highest BCUT2D eigenvalue weighted by Gasteiger charge is 2.36. The van der Waals surface area contributed by atoms with Crippen LogP contribution in [0, 0.1) is 0 Å². The lowest BCUT2D eigenvalue weighted by Crippen LogP contribution is -1.91. The maximum atomic E-state index is 2.35. The van der Waals surface area contributed by atoms with Gasteiger partial charge in [-0.2, -0.15) is 11.8 Å². The van der Waals surface area contributed by atoms with Gasteiger partial charge in [-0.3, -0.25) is 0 Å². The highest BCUT2D eigenvalue weighted by atomic mass is 32.2. The Hall–Kier alpha value is 0.350. The van der Waals surface area contributed by atoms with Gasteiger partial charge in [0.2, 0.25) is 0 Å². The fourth-order valence-corrected chi connectivity index (χ4v) is 1.76. The molecule has 0 aromatic heterocycles. The van der Waals surface area contributed by atoms with E-state index in [0.717, 1.165) is 4.75 Å². The van der Waals surface area contributed by atoms with Crippen LogP contribution in [0.5, 0.6) is 0 Å². The van der Waals surface area contributed by atoms with Gasteiger partial charge in [-0.25, -0.2) is 0 Å². The Morgan fingerprint density at radius 3 is 2.29 bits per heavy atom. The minimum atomic E-state index is 0.717. The van der Waals surface area contributed by atoms with Gasteiger partial charge in [0.1, 0.15) is 0 Å². The Bertz CT molecular complexity index is 64.6. The molecule has 1 saturated carbocycles. The van der Waals surface area contributed by atoms with Crippen molar-refractivity contribution in [3.8, 4) is 0 Å². The zero-order valence-electron chi connectivity index (χ0n) is 5.03.